The topological polar surface area (TPSA) is 110 Å². The number of benzene rings is 1. The molecule has 33 heavy (non-hydrogen) atoms. The number of nitrogens with one attached hydrogen (secondary N) is 1. The van der Waals surface area contributed by atoms with Gasteiger partial charge in [-0.3, -0.25) is 10.1 Å². The SMILES string of the molecule is O=[N+]([O-])c1c(Oc2ccc(C(F)(F)F)cn2)ncnc1N1CCc2c([nH]c3ccccc23)C1. The average molecular weight is 456 g/mol. The summed E-state index contributed by atoms with van der Waals surface area (Å²) in [4.78, 5) is 27.8. The molecule has 0 unspecified atom stereocenters. The Morgan fingerprint density at radius 2 is 1.94 bits per heavy atom. The third-order valence-electron chi connectivity index (χ3n) is 5.40. The maximum Gasteiger partial charge on any atom is 0.417 e. The van der Waals surface area contributed by atoms with Crippen LogP contribution < -0.4 is 9.64 Å². The fourth-order valence-electron chi connectivity index (χ4n) is 3.90. The maximum atomic E-state index is 12.7. The van der Waals surface area contributed by atoms with Crippen molar-refractivity contribution in [2.24, 2.45) is 0 Å². The van der Waals surface area contributed by atoms with Crippen molar-refractivity contribution in [3.05, 3.63) is 75.9 Å². The zero-order valence-corrected chi connectivity index (χ0v) is 16.8. The highest BCUT2D eigenvalue weighted by atomic mass is 19.4. The van der Waals surface area contributed by atoms with Gasteiger partial charge in [-0.05, 0) is 24.1 Å². The van der Waals surface area contributed by atoms with Gasteiger partial charge >= 0.3 is 17.7 Å². The number of aromatic amines is 1. The van der Waals surface area contributed by atoms with Gasteiger partial charge in [0.25, 0.3) is 0 Å². The quantitative estimate of drug-likeness (QED) is 0.352. The first-order chi connectivity index (χ1) is 15.8. The van der Waals surface area contributed by atoms with Crippen molar-refractivity contribution in [2.45, 2.75) is 19.1 Å². The van der Waals surface area contributed by atoms with Gasteiger partial charge < -0.3 is 14.6 Å². The molecule has 4 aromatic rings. The van der Waals surface area contributed by atoms with Gasteiger partial charge in [0.15, 0.2) is 0 Å². The number of rotatable bonds is 4. The molecule has 0 atom stereocenters. The predicted molar refractivity (Wildman–Crippen MR) is 111 cm³/mol. The second-order valence-electron chi connectivity index (χ2n) is 7.39. The number of H-pyrrole nitrogens is 1. The Morgan fingerprint density at radius 1 is 1.12 bits per heavy atom. The first-order valence-corrected chi connectivity index (χ1v) is 9.85. The second kappa shape index (κ2) is 7.73. The number of nitro groups is 1. The second-order valence-corrected chi connectivity index (χ2v) is 7.39. The van der Waals surface area contributed by atoms with E-state index in [2.05, 4.69) is 19.9 Å². The molecule has 1 aromatic carbocycles. The van der Waals surface area contributed by atoms with Crippen molar-refractivity contribution in [1.29, 1.82) is 0 Å². The molecule has 0 saturated heterocycles. The van der Waals surface area contributed by atoms with Crippen LogP contribution in [0.5, 0.6) is 11.8 Å². The van der Waals surface area contributed by atoms with Crippen LogP contribution in [0.25, 0.3) is 10.9 Å². The van der Waals surface area contributed by atoms with Crippen LogP contribution in [0.4, 0.5) is 24.7 Å². The van der Waals surface area contributed by atoms with Gasteiger partial charge in [0, 0.05) is 35.4 Å². The lowest BCUT2D eigenvalue weighted by atomic mass is 10.0. The van der Waals surface area contributed by atoms with Crippen LogP contribution in [0.3, 0.4) is 0 Å². The fraction of sp³-hybridized carbons (Fsp3) is 0.190. The summed E-state index contributed by atoms with van der Waals surface area (Å²) in [7, 11) is 0. The standard InChI is InChI=1S/C21H15F3N6O3/c22-21(23,24)12-5-6-17(25-9-12)33-20-18(30(31)32)19(26-11-27-20)29-8-7-14-13-3-1-2-4-15(13)28-16(14)10-29/h1-6,9,11,28H,7-8,10H2. The van der Waals surface area contributed by atoms with Crippen molar-refractivity contribution < 1.29 is 22.8 Å². The minimum absolute atomic E-state index is 0.0567. The highest BCUT2D eigenvalue weighted by Gasteiger charge is 2.33. The number of alkyl halides is 3. The number of aromatic nitrogens is 4. The summed E-state index contributed by atoms with van der Waals surface area (Å²) in [6, 6.07) is 9.63. The molecule has 0 radical (unpaired) electrons. The average Bonchev–Trinajstić information content (AvgIpc) is 3.16. The molecule has 1 N–H and O–H groups in total. The lowest BCUT2D eigenvalue weighted by Crippen LogP contribution is -2.31. The Bertz CT molecular complexity index is 1350. The van der Waals surface area contributed by atoms with Gasteiger partial charge in [0.2, 0.25) is 11.7 Å². The highest BCUT2D eigenvalue weighted by Crippen LogP contribution is 2.38. The first-order valence-electron chi connectivity index (χ1n) is 9.85. The van der Waals surface area contributed by atoms with E-state index >= 15 is 0 Å². The smallest absolute Gasteiger partial charge is 0.414 e. The number of halogens is 3. The molecule has 9 nitrogen and oxygen atoms in total. The number of para-hydroxylation sites is 1. The molecule has 0 aliphatic carbocycles. The molecular formula is C21H15F3N6O3. The van der Waals surface area contributed by atoms with Crippen LogP contribution in [0, 0.1) is 10.1 Å². The van der Waals surface area contributed by atoms with Gasteiger partial charge in [-0.2, -0.15) is 18.2 Å². The molecule has 0 bridgehead atoms. The molecule has 0 saturated carbocycles. The molecule has 12 heteroatoms. The van der Waals surface area contributed by atoms with Gasteiger partial charge in [-0.1, -0.05) is 18.2 Å². The summed E-state index contributed by atoms with van der Waals surface area (Å²) in [5, 5.41) is 13.0. The fourth-order valence-corrected chi connectivity index (χ4v) is 3.90. The molecule has 0 fully saturated rings. The Morgan fingerprint density at radius 3 is 2.67 bits per heavy atom. The van der Waals surface area contributed by atoms with E-state index in [4.69, 9.17) is 4.74 Å². The largest absolute Gasteiger partial charge is 0.417 e. The third-order valence-corrected chi connectivity index (χ3v) is 5.40. The van der Waals surface area contributed by atoms with Gasteiger partial charge in [0.05, 0.1) is 17.0 Å². The van der Waals surface area contributed by atoms with Crippen LogP contribution in [-0.2, 0) is 19.1 Å². The van der Waals surface area contributed by atoms with Crippen LogP contribution in [-0.4, -0.2) is 31.4 Å². The highest BCUT2D eigenvalue weighted by molar-refractivity contribution is 5.85. The molecule has 1 aliphatic rings. The van der Waals surface area contributed by atoms with Crippen LogP contribution >= 0.6 is 0 Å². The molecule has 168 valence electrons. The zero-order valence-electron chi connectivity index (χ0n) is 16.8. The first kappa shape index (κ1) is 20.7. The summed E-state index contributed by atoms with van der Waals surface area (Å²) in [5.41, 5.74) is 1.62. The Hall–Kier alpha value is -4.22. The van der Waals surface area contributed by atoms with Crippen LogP contribution in [0.2, 0.25) is 0 Å². The summed E-state index contributed by atoms with van der Waals surface area (Å²) in [6.45, 7) is 0.838. The Labute approximate surface area is 184 Å². The van der Waals surface area contributed by atoms with E-state index in [1.165, 1.54) is 0 Å². The summed E-state index contributed by atoms with van der Waals surface area (Å²) >= 11 is 0. The number of ether oxygens (including phenoxy) is 1. The van der Waals surface area contributed by atoms with Crippen molar-refractivity contribution in [2.75, 3.05) is 11.4 Å². The molecular weight excluding hydrogens is 441 g/mol. The van der Waals surface area contributed by atoms with Crippen molar-refractivity contribution in [3.8, 4) is 11.8 Å². The van der Waals surface area contributed by atoms with E-state index in [0.29, 0.717) is 25.7 Å². The normalized spacial score (nSPS) is 13.7. The molecule has 5 rings (SSSR count). The lowest BCUT2D eigenvalue weighted by molar-refractivity contribution is -0.385. The van der Waals surface area contributed by atoms with Crippen molar-refractivity contribution in [3.63, 3.8) is 0 Å². The van der Waals surface area contributed by atoms with E-state index in [1.807, 2.05) is 24.3 Å². The number of nitrogens with zero attached hydrogens (tertiary/aromatic N) is 5. The maximum absolute atomic E-state index is 12.7. The van der Waals surface area contributed by atoms with Crippen molar-refractivity contribution in [1.82, 2.24) is 19.9 Å². The summed E-state index contributed by atoms with van der Waals surface area (Å²) in [6.07, 6.45) is -2.21. The number of hydrogen-bond donors (Lipinski definition) is 1. The van der Waals surface area contributed by atoms with E-state index in [-0.39, 0.29) is 11.7 Å². The van der Waals surface area contributed by atoms with Gasteiger partial charge in [-0.15, -0.1) is 0 Å². The lowest BCUT2D eigenvalue weighted by Gasteiger charge is -2.27. The summed E-state index contributed by atoms with van der Waals surface area (Å²) in [5.74, 6) is -0.604. The van der Waals surface area contributed by atoms with E-state index in [0.717, 1.165) is 40.6 Å². The van der Waals surface area contributed by atoms with Crippen LogP contribution in [0.1, 0.15) is 16.8 Å². The third kappa shape index (κ3) is 3.79. The zero-order chi connectivity index (χ0) is 23.2. The molecule has 1 aliphatic heterocycles. The van der Waals surface area contributed by atoms with E-state index < -0.39 is 28.2 Å². The van der Waals surface area contributed by atoms with E-state index in [9.17, 15) is 23.3 Å². The minimum Gasteiger partial charge on any atom is -0.414 e. The Balaban J connectivity index is 1.47. The molecule has 0 amide bonds. The number of anilines is 1. The number of pyridine rings is 1. The molecule has 4 heterocycles. The van der Waals surface area contributed by atoms with Gasteiger partial charge in [-0.25, -0.2) is 9.97 Å². The predicted octanol–water partition coefficient (Wildman–Crippen LogP) is 4.63. The minimum atomic E-state index is -4.56. The van der Waals surface area contributed by atoms with E-state index in [1.54, 1.807) is 4.90 Å². The Kier molecular flexibility index (Phi) is 4.84. The van der Waals surface area contributed by atoms with Crippen molar-refractivity contribution >= 4 is 22.4 Å². The molecule has 3 aromatic heterocycles. The monoisotopic (exact) mass is 456 g/mol. The molecule has 0 spiro atoms. The summed E-state index contributed by atoms with van der Waals surface area (Å²) < 4.78 is 43.6. The number of hydrogen-bond acceptors (Lipinski definition) is 7. The van der Waals surface area contributed by atoms with Crippen LogP contribution in [0.15, 0.2) is 48.9 Å². The number of fused-ring (bicyclic) bond motifs is 3. The van der Waals surface area contributed by atoms with Gasteiger partial charge in [0.1, 0.15) is 6.33 Å².